The van der Waals surface area contributed by atoms with E-state index in [1.165, 1.54) is 51.4 Å². The second-order valence-corrected chi connectivity index (χ2v) is 6.70. The predicted octanol–water partition coefficient (Wildman–Crippen LogP) is 5.52. The Balaban J connectivity index is 1.60. The summed E-state index contributed by atoms with van der Waals surface area (Å²) in [6.45, 7) is 5.29. The van der Waals surface area contributed by atoms with Gasteiger partial charge in [0, 0.05) is 6.61 Å². The van der Waals surface area contributed by atoms with E-state index < -0.39 is 0 Å². The molecule has 0 saturated heterocycles. The van der Waals surface area contributed by atoms with Crippen molar-refractivity contribution in [3.8, 4) is 0 Å². The summed E-state index contributed by atoms with van der Waals surface area (Å²) in [4.78, 5) is 0. The molecule has 0 amide bonds. The van der Waals surface area contributed by atoms with Crippen molar-refractivity contribution in [3.05, 3.63) is 24.3 Å². The van der Waals surface area contributed by atoms with Gasteiger partial charge >= 0.3 is 0 Å². The summed E-state index contributed by atoms with van der Waals surface area (Å²) in [6, 6.07) is 0. The molecule has 2 rings (SSSR count). The average molecular weight is 276 g/mol. The molecule has 2 saturated carbocycles. The Labute approximate surface area is 125 Å². The molecule has 0 radical (unpaired) electrons. The molecule has 0 spiro atoms. The molecule has 0 unspecified atom stereocenters. The highest BCUT2D eigenvalue weighted by molar-refractivity contribution is 4.90. The molecule has 0 aromatic heterocycles. The van der Waals surface area contributed by atoms with Gasteiger partial charge in [-0.2, -0.15) is 0 Å². The molecule has 0 aromatic carbocycles. The van der Waals surface area contributed by atoms with Crippen molar-refractivity contribution >= 4 is 0 Å². The van der Waals surface area contributed by atoms with Crippen LogP contribution in [0.15, 0.2) is 24.3 Å². The zero-order valence-corrected chi connectivity index (χ0v) is 13.4. The standard InChI is InChI=1S/C19H32O/c1-3-5-16-7-9-18(10-8-16)15-20-19-13-11-17(6-4-2)12-14-19/h3-6,16-19H,7-15H2,1-2H3/b5-3+,6-4+. The Kier molecular flexibility index (Phi) is 6.86. The van der Waals surface area contributed by atoms with Crippen LogP contribution in [-0.2, 0) is 4.74 Å². The first-order chi connectivity index (χ1) is 9.81. The molecule has 1 heteroatoms. The van der Waals surface area contributed by atoms with Gasteiger partial charge in [-0.25, -0.2) is 0 Å². The van der Waals surface area contributed by atoms with Crippen molar-refractivity contribution in [2.75, 3.05) is 6.61 Å². The largest absolute Gasteiger partial charge is 0.378 e. The fourth-order valence-corrected chi connectivity index (χ4v) is 3.81. The maximum absolute atomic E-state index is 6.20. The fraction of sp³-hybridized carbons (Fsp3) is 0.789. The minimum Gasteiger partial charge on any atom is -0.378 e. The van der Waals surface area contributed by atoms with Crippen molar-refractivity contribution in [3.63, 3.8) is 0 Å². The lowest BCUT2D eigenvalue weighted by Gasteiger charge is -2.31. The first kappa shape index (κ1) is 15.8. The van der Waals surface area contributed by atoms with Crippen LogP contribution in [0, 0.1) is 17.8 Å². The summed E-state index contributed by atoms with van der Waals surface area (Å²) in [5.74, 6) is 2.48. The van der Waals surface area contributed by atoms with Crippen LogP contribution in [0.25, 0.3) is 0 Å². The van der Waals surface area contributed by atoms with Gasteiger partial charge in [0.25, 0.3) is 0 Å². The lowest BCUT2D eigenvalue weighted by molar-refractivity contribution is -0.00522. The summed E-state index contributed by atoms with van der Waals surface area (Å²) in [6.07, 6.45) is 20.4. The van der Waals surface area contributed by atoms with Gasteiger partial charge in [-0.15, -0.1) is 0 Å². The number of ether oxygens (including phenoxy) is 1. The maximum atomic E-state index is 6.20. The monoisotopic (exact) mass is 276 g/mol. The van der Waals surface area contributed by atoms with Crippen molar-refractivity contribution < 1.29 is 4.74 Å². The van der Waals surface area contributed by atoms with Crippen LogP contribution in [-0.4, -0.2) is 12.7 Å². The smallest absolute Gasteiger partial charge is 0.0575 e. The van der Waals surface area contributed by atoms with Crippen LogP contribution < -0.4 is 0 Å². The van der Waals surface area contributed by atoms with Crippen molar-refractivity contribution in [1.29, 1.82) is 0 Å². The van der Waals surface area contributed by atoms with Gasteiger partial charge in [-0.3, -0.25) is 0 Å². The molecule has 0 N–H and O–H groups in total. The van der Waals surface area contributed by atoms with E-state index in [9.17, 15) is 0 Å². The summed E-state index contributed by atoms with van der Waals surface area (Å²) in [7, 11) is 0. The highest BCUT2D eigenvalue weighted by Gasteiger charge is 2.23. The summed E-state index contributed by atoms with van der Waals surface area (Å²) in [5.41, 5.74) is 0. The number of allylic oxidation sites excluding steroid dienone is 4. The number of hydrogen-bond acceptors (Lipinski definition) is 1. The molecular formula is C19H32O. The summed E-state index contributed by atoms with van der Waals surface area (Å²) in [5, 5.41) is 0. The molecule has 0 atom stereocenters. The Morgan fingerprint density at radius 2 is 1.25 bits per heavy atom. The maximum Gasteiger partial charge on any atom is 0.0575 e. The SMILES string of the molecule is C/C=C/C1CCC(COC2CCC(/C=C/C)CC2)CC1. The van der Waals surface area contributed by atoms with E-state index in [0.717, 1.165) is 24.4 Å². The Morgan fingerprint density at radius 1 is 0.750 bits per heavy atom. The van der Waals surface area contributed by atoms with E-state index in [1.54, 1.807) is 0 Å². The molecule has 2 aliphatic rings. The van der Waals surface area contributed by atoms with E-state index >= 15 is 0 Å². The van der Waals surface area contributed by atoms with Gasteiger partial charge in [0.15, 0.2) is 0 Å². The predicted molar refractivity (Wildman–Crippen MR) is 86.8 cm³/mol. The number of hydrogen-bond donors (Lipinski definition) is 0. The van der Waals surface area contributed by atoms with Crippen LogP contribution in [0.1, 0.15) is 65.2 Å². The highest BCUT2D eigenvalue weighted by Crippen LogP contribution is 2.32. The van der Waals surface area contributed by atoms with Crippen LogP contribution in [0.4, 0.5) is 0 Å². The van der Waals surface area contributed by atoms with Crippen LogP contribution >= 0.6 is 0 Å². The Hall–Kier alpha value is -0.560. The molecule has 2 fully saturated rings. The first-order valence-electron chi connectivity index (χ1n) is 8.69. The molecule has 0 aromatic rings. The third-order valence-electron chi connectivity index (χ3n) is 5.11. The summed E-state index contributed by atoms with van der Waals surface area (Å²) < 4.78 is 6.20. The second-order valence-electron chi connectivity index (χ2n) is 6.70. The normalized spacial score (nSPS) is 35.9. The molecule has 0 bridgehead atoms. The van der Waals surface area contributed by atoms with Gasteiger partial charge in [0.05, 0.1) is 6.10 Å². The van der Waals surface area contributed by atoms with Crippen molar-refractivity contribution in [2.45, 2.75) is 71.3 Å². The molecule has 114 valence electrons. The zero-order chi connectivity index (χ0) is 14.2. The van der Waals surface area contributed by atoms with E-state index in [0.29, 0.717) is 6.10 Å². The van der Waals surface area contributed by atoms with Gasteiger partial charge in [0.1, 0.15) is 0 Å². The van der Waals surface area contributed by atoms with Gasteiger partial charge in [-0.1, -0.05) is 24.3 Å². The fourth-order valence-electron chi connectivity index (χ4n) is 3.81. The van der Waals surface area contributed by atoms with E-state index in [4.69, 9.17) is 4.74 Å². The van der Waals surface area contributed by atoms with Crippen LogP contribution in [0.2, 0.25) is 0 Å². The average Bonchev–Trinajstić information content (AvgIpc) is 2.49. The van der Waals surface area contributed by atoms with Gasteiger partial charge in [-0.05, 0) is 83.0 Å². The Bertz CT molecular complexity index is 270. The van der Waals surface area contributed by atoms with Gasteiger partial charge in [0.2, 0.25) is 0 Å². The van der Waals surface area contributed by atoms with Gasteiger partial charge < -0.3 is 4.74 Å². The van der Waals surface area contributed by atoms with Crippen molar-refractivity contribution in [1.82, 2.24) is 0 Å². The number of rotatable bonds is 5. The molecule has 1 nitrogen and oxygen atoms in total. The molecule has 0 heterocycles. The minimum atomic E-state index is 0.546. The van der Waals surface area contributed by atoms with Crippen LogP contribution in [0.5, 0.6) is 0 Å². The lowest BCUT2D eigenvalue weighted by Crippen LogP contribution is -2.25. The zero-order valence-electron chi connectivity index (χ0n) is 13.4. The van der Waals surface area contributed by atoms with E-state index in [2.05, 4.69) is 38.2 Å². The Morgan fingerprint density at radius 3 is 1.75 bits per heavy atom. The van der Waals surface area contributed by atoms with Crippen LogP contribution in [0.3, 0.4) is 0 Å². The third kappa shape index (κ3) is 5.09. The molecule has 0 aliphatic heterocycles. The summed E-state index contributed by atoms with van der Waals surface area (Å²) >= 11 is 0. The van der Waals surface area contributed by atoms with E-state index in [1.807, 2.05) is 0 Å². The molecular weight excluding hydrogens is 244 g/mol. The second kappa shape index (κ2) is 8.67. The highest BCUT2D eigenvalue weighted by atomic mass is 16.5. The third-order valence-corrected chi connectivity index (χ3v) is 5.11. The topological polar surface area (TPSA) is 9.23 Å². The quantitative estimate of drug-likeness (QED) is 0.601. The lowest BCUT2D eigenvalue weighted by atomic mass is 9.82. The minimum absolute atomic E-state index is 0.546. The first-order valence-corrected chi connectivity index (χ1v) is 8.69. The molecule has 2 aliphatic carbocycles. The van der Waals surface area contributed by atoms with Crippen molar-refractivity contribution in [2.24, 2.45) is 17.8 Å². The van der Waals surface area contributed by atoms with E-state index in [-0.39, 0.29) is 0 Å². The molecule has 20 heavy (non-hydrogen) atoms.